The number of aldehydes is 1. The Bertz CT molecular complexity index is 636. The lowest BCUT2D eigenvalue weighted by Crippen LogP contribution is -2.41. The lowest BCUT2D eigenvalue weighted by atomic mass is 9.78. The Balaban J connectivity index is 2.32. The first-order valence-corrected chi connectivity index (χ1v) is 7.19. The minimum absolute atomic E-state index is 0.399. The molecule has 22 heavy (non-hydrogen) atoms. The Morgan fingerprint density at radius 3 is 2.36 bits per heavy atom. The van der Waals surface area contributed by atoms with Gasteiger partial charge in [-0.25, -0.2) is 0 Å². The van der Waals surface area contributed by atoms with E-state index in [9.17, 15) is 4.79 Å². The summed E-state index contributed by atoms with van der Waals surface area (Å²) in [4.78, 5) is 14.0. The Labute approximate surface area is 130 Å². The molecule has 0 spiro atoms. The Kier molecular flexibility index (Phi) is 4.33. The van der Waals surface area contributed by atoms with Gasteiger partial charge in [0.15, 0.2) is 0 Å². The molecule has 7 heteroatoms. The summed E-state index contributed by atoms with van der Waals surface area (Å²) in [7, 11) is -0.399. The summed E-state index contributed by atoms with van der Waals surface area (Å²) in [5.74, 6) is 0. The van der Waals surface area contributed by atoms with E-state index in [1.807, 2.05) is 34.6 Å². The Hall–Kier alpha value is -1.82. The van der Waals surface area contributed by atoms with E-state index in [-0.39, 0.29) is 0 Å². The molecular weight excluding hydrogens is 281 g/mol. The molecule has 0 bridgehead atoms. The summed E-state index contributed by atoms with van der Waals surface area (Å²) in [5.41, 5.74) is 10.4. The van der Waals surface area contributed by atoms with Crippen LogP contribution in [0.4, 0.5) is 5.69 Å². The second kappa shape index (κ2) is 5.76. The van der Waals surface area contributed by atoms with Crippen LogP contribution in [0, 0.1) is 6.92 Å². The first kappa shape index (κ1) is 16.6. The third-order valence-electron chi connectivity index (χ3n) is 4.52. The van der Waals surface area contributed by atoms with Crippen molar-refractivity contribution in [2.45, 2.75) is 52.1 Å². The average Bonchev–Trinajstić information content (AvgIpc) is 2.61. The van der Waals surface area contributed by atoms with Gasteiger partial charge in [0.1, 0.15) is 6.29 Å². The van der Waals surface area contributed by atoms with Gasteiger partial charge in [-0.15, -0.1) is 0 Å². The van der Waals surface area contributed by atoms with Crippen LogP contribution in [0.5, 0.6) is 0 Å². The number of rotatable bonds is 4. The molecule has 1 heterocycles. The molecule has 0 N–H and O–H groups in total. The topological polar surface area (TPSA) is 84.3 Å². The first-order valence-electron chi connectivity index (χ1n) is 7.19. The van der Waals surface area contributed by atoms with E-state index >= 15 is 0 Å². The average molecular weight is 301 g/mol. The van der Waals surface area contributed by atoms with Gasteiger partial charge in [0, 0.05) is 22.5 Å². The number of azide groups is 1. The highest BCUT2D eigenvalue weighted by Crippen LogP contribution is 2.38. The number of benzene rings is 1. The molecule has 1 saturated heterocycles. The summed E-state index contributed by atoms with van der Waals surface area (Å²) < 4.78 is 12.0. The van der Waals surface area contributed by atoms with Crippen molar-refractivity contribution >= 4 is 19.1 Å². The minimum Gasteiger partial charge on any atom is -0.403 e. The number of hydrogen-bond acceptors (Lipinski definition) is 4. The van der Waals surface area contributed by atoms with Crippen molar-refractivity contribution in [1.82, 2.24) is 0 Å². The molecule has 1 fully saturated rings. The maximum atomic E-state index is 11.2. The van der Waals surface area contributed by atoms with E-state index in [1.54, 1.807) is 12.1 Å². The van der Waals surface area contributed by atoms with Gasteiger partial charge in [-0.05, 0) is 63.4 Å². The van der Waals surface area contributed by atoms with Crippen LogP contribution in [0.3, 0.4) is 0 Å². The van der Waals surface area contributed by atoms with E-state index in [2.05, 4.69) is 10.0 Å². The van der Waals surface area contributed by atoms with Crippen molar-refractivity contribution in [2.75, 3.05) is 0 Å². The maximum Gasteiger partial charge on any atom is 0.462 e. The number of nitrogens with zero attached hydrogens (tertiary/aromatic N) is 3. The van der Waals surface area contributed by atoms with Gasteiger partial charge in [-0.3, -0.25) is 4.79 Å². The summed E-state index contributed by atoms with van der Waals surface area (Å²) >= 11 is 0. The lowest BCUT2D eigenvalue weighted by molar-refractivity contribution is 0.00578. The van der Waals surface area contributed by atoms with Crippen LogP contribution in [0.25, 0.3) is 10.4 Å². The highest BCUT2D eigenvalue weighted by molar-refractivity contribution is 6.45. The Morgan fingerprint density at radius 2 is 1.86 bits per heavy atom. The zero-order valence-electron chi connectivity index (χ0n) is 13.6. The second-order valence-electron chi connectivity index (χ2n) is 6.52. The van der Waals surface area contributed by atoms with Gasteiger partial charge in [0.2, 0.25) is 0 Å². The molecule has 0 amide bonds. The summed E-state index contributed by atoms with van der Waals surface area (Å²) in [6.45, 7) is 9.84. The summed E-state index contributed by atoms with van der Waals surface area (Å²) in [6.07, 6.45) is 1.26. The lowest BCUT2D eigenvalue weighted by Gasteiger charge is -2.32. The zero-order chi connectivity index (χ0) is 16.5. The number of hydrogen-bond donors (Lipinski definition) is 0. The fourth-order valence-electron chi connectivity index (χ4n) is 2.45. The molecule has 116 valence electrons. The molecule has 1 aromatic carbocycles. The van der Waals surface area contributed by atoms with Crippen LogP contribution in [0.15, 0.2) is 17.2 Å². The van der Waals surface area contributed by atoms with Crippen molar-refractivity contribution in [3.8, 4) is 0 Å². The third-order valence-corrected chi connectivity index (χ3v) is 4.52. The molecule has 6 nitrogen and oxygen atoms in total. The first-order chi connectivity index (χ1) is 10.2. The standard InChI is InChI=1S/C15H20BN3O3/c1-10-11(6-13(18-19-17)7-12(10)9-20)8-16-21-14(2,3)15(4,5)22-16/h6-7,9H,8H2,1-5H3. The molecule has 0 aliphatic carbocycles. The molecule has 0 radical (unpaired) electrons. The predicted molar refractivity (Wildman–Crippen MR) is 85.2 cm³/mol. The van der Waals surface area contributed by atoms with Gasteiger partial charge in [0.25, 0.3) is 0 Å². The molecule has 0 unspecified atom stereocenters. The van der Waals surface area contributed by atoms with Gasteiger partial charge >= 0.3 is 7.12 Å². The van der Waals surface area contributed by atoms with Gasteiger partial charge in [-0.1, -0.05) is 5.11 Å². The smallest absolute Gasteiger partial charge is 0.403 e. The van der Waals surface area contributed by atoms with E-state index in [0.717, 1.165) is 17.4 Å². The van der Waals surface area contributed by atoms with Gasteiger partial charge < -0.3 is 9.31 Å². The van der Waals surface area contributed by atoms with E-state index in [1.165, 1.54) is 0 Å². The largest absolute Gasteiger partial charge is 0.462 e. The summed E-state index contributed by atoms with van der Waals surface area (Å²) in [6, 6.07) is 3.35. The highest BCUT2D eigenvalue weighted by Gasteiger charge is 2.50. The van der Waals surface area contributed by atoms with Crippen LogP contribution >= 0.6 is 0 Å². The second-order valence-corrected chi connectivity index (χ2v) is 6.52. The molecule has 0 atom stereocenters. The summed E-state index contributed by atoms with van der Waals surface area (Å²) in [5, 5.41) is 3.59. The fraction of sp³-hybridized carbons (Fsp3) is 0.533. The SMILES string of the molecule is Cc1c(C=O)cc(N=[N+]=[N-])cc1CB1OC(C)(C)C(C)(C)O1. The van der Waals surface area contributed by atoms with E-state index in [4.69, 9.17) is 14.8 Å². The number of carbonyl (C=O) groups excluding carboxylic acids is 1. The monoisotopic (exact) mass is 301 g/mol. The molecule has 0 aromatic heterocycles. The van der Waals surface area contributed by atoms with Gasteiger partial charge in [-0.2, -0.15) is 0 Å². The van der Waals surface area contributed by atoms with Crippen LogP contribution in [-0.4, -0.2) is 24.6 Å². The molecule has 0 saturated carbocycles. The van der Waals surface area contributed by atoms with Crippen LogP contribution in [0.2, 0.25) is 0 Å². The molecule has 2 rings (SSSR count). The molecule has 1 aliphatic rings. The predicted octanol–water partition coefficient (Wildman–Crippen LogP) is 3.92. The van der Waals surface area contributed by atoms with Crippen molar-refractivity contribution < 1.29 is 14.1 Å². The maximum absolute atomic E-state index is 11.2. The highest BCUT2D eigenvalue weighted by atomic mass is 16.7. The Morgan fingerprint density at radius 1 is 1.27 bits per heavy atom. The van der Waals surface area contributed by atoms with Crippen LogP contribution in [-0.2, 0) is 15.6 Å². The normalized spacial score (nSPS) is 18.9. The van der Waals surface area contributed by atoms with Crippen molar-refractivity contribution in [1.29, 1.82) is 0 Å². The molecule has 1 aromatic rings. The quantitative estimate of drug-likeness (QED) is 0.278. The number of carbonyl (C=O) groups is 1. The molecule has 1 aliphatic heterocycles. The minimum atomic E-state index is -0.401. The molecular formula is C15H20BN3O3. The van der Waals surface area contributed by atoms with Crippen molar-refractivity contribution in [3.63, 3.8) is 0 Å². The van der Waals surface area contributed by atoms with Gasteiger partial charge in [0.05, 0.1) is 11.2 Å². The van der Waals surface area contributed by atoms with E-state index in [0.29, 0.717) is 17.6 Å². The zero-order valence-corrected chi connectivity index (χ0v) is 13.6. The third kappa shape index (κ3) is 3.02. The van der Waals surface area contributed by atoms with Crippen molar-refractivity contribution in [2.24, 2.45) is 5.11 Å². The van der Waals surface area contributed by atoms with Crippen LogP contribution in [0.1, 0.15) is 49.2 Å². The van der Waals surface area contributed by atoms with Crippen molar-refractivity contribution in [3.05, 3.63) is 39.3 Å². The fourth-order valence-corrected chi connectivity index (χ4v) is 2.45. The van der Waals surface area contributed by atoms with E-state index < -0.39 is 18.3 Å². The van der Waals surface area contributed by atoms with Crippen LogP contribution < -0.4 is 0 Å².